The van der Waals surface area contributed by atoms with Gasteiger partial charge in [-0.3, -0.25) is 0 Å². The quantitative estimate of drug-likeness (QED) is 0.852. The summed E-state index contributed by atoms with van der Waals surface area (Å²) in [6.45, 7) is 4.52. The van der Waals surface area contributed by atoms with Crippen molar-refractivity contribution in [3.8, 4) is 6.07 Å². The normalized spacial score (nSPS) is 10.9. The largest absolute Gasteiger partial charge is 0.384 e. The number of anilines is 1. The number of hydrogen-bond acceptors (Lipinski definition) is 2. The predicted molar refractivity (Wildman–Crippen MR) is 71.6 cm³/mol. The maximum Gasteiger partial charge on any atom is 0.124 e. The molecule has 1 N–H and O–H groups in total. The maximum absolute atomic E-state index is 12.8. The van der Waals surface area contributed by atoms with Crippen molar-refractivity contribution in [3.05, 3.63) is 27.6 Å². The van der Waals surface area contributed by atoms with Crippen LogP contribution in [0.2, 0.25) is 0 Å². The molecule has 4 heteroatoms. The summed E-state index contributed by atoms with van der Waals surface area (Å²) in [6.07, 6.45) is 0.761. The molecule has 0 spiro atoms. The molecule has 0 saturated carbocycles. The molecule has 0 unspecified atom stereocenters. The summed E-state index contributed by atoms with van der Waals surface area (Å²) in [5.74, 6) is -0.229. The van der Waals surface area contributed by atoms with E-state index in [-0.39, 0.29) is 11.2 Å². The Morgan fingerprint density at radius 1 is 1.50 bits per heavy atom. The van der Waals surface area contributed by atoms with E-state index in [4.69, 9.17) is 5.26 Å². The summed E-state index contributed by atoms with van der Waals surface area (Å²) in [5, 5.41) is 12.1. The molecule has 1 rings (SSSR count). The van der Waals surface area contributed by atoms with Crippen LogP contribution in [0.4, 0.5) is 10.1 Å². The highest BCUT2D eigenvalue weighted by atomic mass is 127. The van der Waals surface area contributed by atoms with Crippen LogP contribution in [-0.2, 0) is 0 Å². The second-order valence-electron chi connectivity index (χ2n) is 4.30. The molecule has 0 heterocycles. The molecule has 0 bridgehead atoms. The van der Waals surface area contributed by atoms with E-state index >= 15 is 0 Å². The number of nitrogens with one attached hydrogen (secondary N) is 1. The topological polar surface area (TPSA) is 35.8 Å². The second-order valence-corrected chi connectivity index (χ2v) is 5.46. The molecule has 0 aromatic heterocycles. The van der Waals surface area contributed by atoms with E-state index < -0.39 is 0 Å². The molecule has 1 aromatic rings. The molecule has 0 fully saturated rings. The highest BCUT2D eigenvalue weighted by Crippen LogP contribution is 2.21. The lowest BCUT2D eigenvalue weighted by molar-refractivity contribution is 0.466. The number of nitriles is 1. The van der Waals surface area contributed by atoms with Gasteiger partial charge in [-0.15, -0.1) is 0 Å². The fourth-order valence-corrected chi connectivity index (χ4v) is 1.87. The Morgan fingerprint density at radius 3 is 2.75 bits per heavy atom. The Kier molecular flexibility index (Phi) is 4.54. The standard InChI is InChI=1S/C12H14FIN2/c1-12(2,8-15)5-6-16-11-4-3-9(13)7-10(11)14/h3-4,7,16H,5-6H2,1-2H3. The average Bonchev–Trinajstić information content (AvgIpc) is 2.21. The fraction of sp³-hybridized carbons (Fsp3) is 0.417. The first-order chi connectivity index (χ1) is 7.44. The van der Waals surface area contributed by atoms with Gasteiger partial charge in [-0.1, -0.05) is 0 Å². The SMILES string of the molecule is CC(C)(C#N)CCNc1ccc(F)cc1I. The summed E-state index contributed by atoms with van der Waals surface area (Å²) in [7, 11) is 0. The van der Waals surface area contributed by atoms with E-state index in [0.717, 1.165) is 15.7 Å². The van der Waals surface area contributed by atoms with Crippen molar-refractivity contribution in [3.63, 3.8) is 0 Å². The van der Waals surface area contributed by atoms with Gasteiger partial charge in [0.05, 0.1) is 11.5 Å². The first kappa shape index (κ1) is 13.2. The molecule has 16 heavy (non-hydrogen) atoms. The number of nitrogens with zero attached hydrogens (tertiary/aromatic N) is 1. The first-order valence-electron chi connectivity index (χ1n) is 5.05. The molecule has 0 aliphatic heterocycles. The molecule has 0 aliphatic carbocycles. The molecule has 0 saturated heterocycles. The van der Waals surface area contributed by atoms with E-state index in [1.165, 1.54) is 12.1 Å². The van der Waals surface area contributed by atoms with Gasteiger partial charge in [0.1, 0.15) is 5.82 Å². The van der Waals surface area contributed by atoms with Gasteiger partial charge >= 0.3 is 0 Å². The van der Waals surface area contributed by atoms with E-state index in [9.17, 15) is 4.39 Å². The molecular weight excluding hydrogens is 318 g/mol. The van der Waals surface area contributed by atoms with Crippen molar-refractivity contribution in [1.82, 2.24) is 0 Å². The average molecular weight is 332 g/mol. The third-order valence-corrected chi connectivity index (χ3v) is 3.19. The van der Waals surface area contributed by atoms with Crippen LogP contribution >= 0.6 is 22.6 Å². The predicted octanol–water partition coefficient (Wildman–Crippen LogP) is 3.78. The molecule has 0 radical (unpaired) electrons. The van der Waals surface area contributed by atoms with Crippen molar-refractivity contribution in [2.24, 2.45) is 5.41 Å². The summed E-state index contributed by atoms with van der Waals surface area (Å²) in [6, 6.07) is 6.88. The van der Waals surface area contributed by atoms with Crippen molar-refractivity contribution < 1.29 is 4.39 Å². The van der Waals surface area contributed by atoms with Crippen LogP contribution in [0.5, 0.6) is 0 Å². The van der Waals surface area contributed by atoms with Crippen molar-refractivity contribution in [1.29, 1.82) is 5.26 Å². The first-order valence-corrected chi connectivity index (χ1v) is 6.13. The lowest BCUT2D eigenvalue weighted by atomic mass is 9.91. The van der Waals surface area contributed by atoms with E-state index in [1.54, 1.807) is 6.07 Å². The smallest absolute Gasteiger partial charge is 0.124 e. The van der Waals surface area contributed by atoms with Gasteiger partial charge in [-0.05, 0) is 61.1 Å². The van der Waals surface area contributed by atoms with Crippen LogP contribution in [-0.4, -0.2) is 6.54 Å². The fourth-order valence-electron chi connectivity index (χ4n) is 1.20. The third kappa shape index (κ3) is 3.97. The highest BCUT2D eigenvalue weighted by Gasteiger charge is 2.15. The summed E-state index contributed by atoms with van der Waals surface area (Å²) < 4.78 is 13.7. The maximum atomic E-state index is 12.8. The monoisotopic (exact) mass is 332 g/mol. The van der Waals surface area contributed by atoms with Crippen LogP contribution in [0.3, 0.4) is 0 Å². The molecule has 0 amide bonds. The van der Waals surface area contributed by atoms with Crippen molar-refractivity contribution >= 4 is 28.3 Å². The zero-order chi connectivity index (χ0) is 12.2. The third-order valence-electron chi connectivity index (χ3n) is 2.30. The Morgan fingerprint density at radius 2 is 2.19 bits per heavy atom. The minimum absolute atomic E-state index is 0.229. The Labute approximate surface area is 109 Å². The van der Waals surface area contributed by atoms with Gasteiger partial charge in [0.2, 0.25) is 0 Å². The molecule has 0 atom stereocenters. The van der Waals surface area contributed by atoms with Crippen molar-refractivity contribution in [2.45, 2.75) is 20.3 Å². The zero-order valence-electron chi connectivity index (χ0n) is 9.35. The van der Waals surface area contributed by atoms with Gasteiger partial charge < -0.3 is 5.32 Å². The zero-order valence-corrected chi connectivity index (χ0v) is 11.5. The Hall–Kier alpha value is -0.830. The number of hydrogen-bond donors (Lipinski definition) is 1. The van der Waals surface area contributed by atoms with E-state index in [2.05, 4.69) is 34.0 Å². The molecule has 86 valence electrons. The van der Waals surface area contributed by atoms with Crippen molar-refractivity contribution in [2.75, 3.05) is 11.9 Å². The molecule has 0 aliphatic rings. The highest BCUT2D eigenvalue weighted by molar-refractivity contribution is 14.1. The van der Waals surface area contributed by atoms with Crippen LogP contribution in [0.1, 0.15) is 20.3 Å². The van der Waals surface area contributed by atoms with Gasteiger partial charge in [0, 0.05) is 15.8 Å². The lowest BCUT2D eigenvalue weighted by Gasteiger charge is -2.16. The molecular formula is C12H14FIN2. The summed E-state index contributed by atoms with van der Waals surface area (Å²) in [4.78, 5) is 0. The van der Waals surface area contributed by atoms with Crippen LogP contribution < -0.4 is 5.32 Å². The number of halogens is 2. The van der Waals surface area contributed by atoms with Gasteiger partial charge in [-0.2, -0.15) is 5.26 Å². The number of rotatable bonds is 4. The summed E-state index contributed by atoms with van der Waals surface area (Å²) in [5.41, 5.74) is 0.592. The number of benzene rings is 1. The second kappa shape index (κ2) is 5.48. The lowest BCUT2D eigenvalue weighted by Crippen LogP contribution is -2.15. The van der Waals surface area contributed by atoms with Crippen LogP contribution in [0, 0.1) is 26.1 Å². The minimum atomic E-state index is -0.321. The molecule has 2 nitrogen and oxygen atoms in total. The van der Waals surface area contributed by atoms with E-state index in [0.29, 0.717) is 6.54 Å². The van der Waals surface area contributed by atoms with E-state index in [1.807, 2.05) is 13.8 Å². The van der Waals surface area contributed by atoms with Gasteiger partial charge in [0.25, 0.3) is 0 Å². The minimum Gasteiger partial charge on any atom is -0.384 e. The van der Waals surface area contributed by atoms with Gasteiger partial charge in [0.15, 0.2) is 0 Å². The van der Waals surface area contributed by atoms with Crippen LogP contribution in [0.15, 0.2) is 18.2 Å². The van der Waals surface area contributed by atoms with Crippen LogP contribution in [0.25, 0.3) is 0 Å². The van der Waals surface area contributed by atoms with Gasteiger partial charge in [-0.25, -0.2) is 4.39 Å². The summed E-state index contributed by atoms with van der Waals surface area (Å²) >= 11 is 2.09. The Balaban J connectivity index is 2.53. The molecule has 1 aromatic carbocycles. The Bertz CT molecular complexity index is 410.